The lowest BCUT2D eigenvalue weighted by Crippen LogP contribution is -2.34. The first-order valence-electron chi connectivity index (χ1n) is 5.95. The number of piperidine rings is 1. The SMILES string of the molecule is Cc1nnc(COCCC2CCCCN2)o1. The minimum Gasteiger partial charge on any atom is -0.423 e. The van der Waals surface area contributed by atoms with Gasteiger partial charge < -0.3 is 14.5 Å². The van der Waals surface area contributed by atoms with Crippen molar-refractivity contribution in [1.82, 2.24) is 15.5 Å². The third kappa shape index (κ3) is 3.57. The number of aryl methyl sites for hydroxylation is 1. The molecule has 1 unspecified atom stereocenters. The van der Waals surface area contributed by atoms with E-state index in [-0.39, 0.29) is 0 Å². The maximum Gasteiger partial charge on any atom is 0.242 e. The molecule has 0 bridgehead atoms. The lowest BCUT2D eigenvalue weighted by atomic mass is 10.0. The maximum atomic E-state index is 5.50. The van der Waals surface area contributed by atoms with Crippen molar-refractivity contribution in [2.24, 2.45) is 0 Å². The number of hydrogen-bond acceptors (Lipinski definition) is 5. The van der Waals surface area contributed by atoms with Gasteiger partial charge in [-0.1, -0.05) is 6.42 Å². The van der Waals surface area contributed by atoms with Crippen molar-refractivity contribution in [3.05, 3.63) is 11.8 Å². The van der Waals surface area contributed by atoms with Crippen molar-refractivity contribution in [1.29, 1.82) is 0 Å². The van der Waals surface area contributed by atoms with Gasteiger partial charge in [0.25, 0.3) is 0 Å². The molecule has 0 saturated carbocycles. The Bertz CT molecular complexity index is 308. The molecule has 0 aliphatic carbocycles. The molecule has 5 nitrogen and oxygen atoms in total. The van der Waals surface area contributed by atoms with Crippen molar-refractivity contribution >= 4 is 0 Å². The average molecular weight is 225 g/mol. The van der Waals surface area contributed by atoms with E-state index >= 15 is 0 Å². The molecule has 1 aliphatic heterocycles. The Hall–Kier alpha value is -0.940. The van der Waals surface area contributed by atoms with Crippen LogP contribution in [0.4, 0.5) is 0 Å². The summed E-state index contributed by atoms with van der Waals surface area (Å²) in [5.41, 5.74) is 0. The third-order valence-electron chi connectivity index (χ3n) is 2.82. The molecule has 1 aromatic heterocycles. The zero-order chi connectivity index (χ0) is 11.2. The summed E-state index contributed by atoms with van der Waals surface area (Å²) in [4.78, 5) is 0. The number of hydrogen-bond donors (Lipinski definition) is 1. The predicted molar refractivity (Wildman–Crippen MR) is 58.9 cm³/mol. The van der Waals surface area contributed by atoms with E-state index in [0.717, 1.165) is 19.6 Å². The van der Waals surface area contributed by atoms with Crippen LogP contribution in [0.1, 0.15) is 37.5 Å². The number of rotatable bonds is 5. The summed E-state index contributed by atoms with van der Waals surface area (Å²) in [7, 11) is 0. The highest BCUT2D eigenvalue weighted by Crippen LogP contribution is 2.10. The first-order valence-corrected chi connectivity index (χ1v) is 5.95. The summed E-state index contributed by atoms with van der Waals surface area (Å²) < 4.78 is 10.7. The average Bonchev–Trinajstić information content (AvgIpc) is 2.72. The molecule has 5 heteroatoms. The van der Waals surface area contributed by atoms with Crippen molar-refractivity contribution in [3.63, 3.8) is 0 Å². The van der Waals surface area contributed by atoms with E-state index in [9.17, 15) is 0 Å². The summed E-state index contributed by atoms with van der Waals surface area (Å²) in [5.74, 6) is 1.15. The molecule has 2 rings (SSSR count). The van der Waals surface area contributed by atoms with Crippen LogP contribution in [0.15, 0.2) is 4.42 Å². The monoisotopic (exact) mass is 225 g/mol. The van der Waals surface area contributed by atoms with Crippen LogP contribution < -0.4 is 5.32 Å². The lowest BCUT2D eigenvalue weighted by molar-refractivity contribution is 0.0913. The summed E-state index contributed by atoms with van der Waals surface area (Å²) in [5, 5.41) is 11.1. The second-order valence-corrected chi connectivity index (χ2v) is 4.20. The molecule has 1 saturated heterocycles. The molecule has 90 valence electrons. The van der Waals surface area contributed by atoms with Gasteiger partial charge in [-0.05, 0) is 25.8 Å². The van der Waals surface area contributed by atoms with Crippen LogP contribution in [0.5, 0.6) is 0 Å². The minimum atomic E-state index is 0.424. The topological polar surface area (TPSA) is 60.2 Å². The van der Waals surface area contributed by atoms with E-state index in [0.29, 0.717) is 24.4 Å². The molecular weight excluding hydrogens is 206 g/mol. The fourth-order valence-electron chi connectivity index (χ4n) is 1.95. The largest absolute Gasteiger partial charge is 0.423 e. The number of ether oxygens (including phenoxy) is 1. The van der Waals surface area contributed by atoms with Gasteiger partial charge in [-0.2, -0.15) is 0 Å². The Labute approximate surface area is 95.6 Å². The van der Waals surface area contributed by atoms with Gasteiger partial charge in [-0.25, -0.2) is 0 Å². The Morgan fingerprint density at radius 1 is 1.44 bits per heavy atom. The molecule has 16 heavy (non-hydrogen) atoms. The van der Waals surface area contributed by atoms with E-state index < -0.39 is 0 Å². The van der Waals surface area contributed by atoms with Crippen LogP contribution in [0.3, 0.4) is 0 Å². The van der Waals surface area contributed by atoms with E-state index in [2.05, 4.69) is 15.5 Å². The maximum absolute atomic E-state index is 5.50. The van der Waals surface area contributed by atoms with Crippen LogP contribution in [-0.4, -0.2) is 29.4 Å². The quantitative estimate of drug-likeness (QED) is 0.768. The molecule has 1 fully saturated rings. The fourth-order valence-corrected chi connectivity index (χ4v) is 1.95. The summed E-state index contributed by atoms with van der Waals surface area (Å²) in [6.07, 6.45) is 4.97. The first-order chi connectivity index (χ1) is 7.84. The van der Waals surface area contributed by atoms with Crippen LogP contribution in [0.25, 0.3) is 0 Å². The second kappa shape index (κ2) is 5.96. The number of aromatic nitrogens is 2. The molecule has 0 amide bonds. The number of nitrogens with zero attached hydrogens (tertiary/aromatic N) is 2. The standard InChI is InChI=1S/C11H19N3O2/c1-9-13-14-11(16-9)8-15-7-5-10-4-2-3-6-12-10/h10,12H,2-8H2,1H3. The highest BCUT2D eigenvalue weighted by Gasteiger charge is 2.12. The Morgan fingerprint density at radius 3 is 3.06 bits per heavy atom. The summed E-state index contributed by atoms with van der Waals surface area (Å²) in [6.45, 7) is 4.10. The molecule has 1 atom stereocenters. The van der Waals surface area contributed by atoms with Gasteiger partial charge in [0, 0.05) is 19.6 Å². The first kappa shape index (κ1) is 11.5. The second-order valence-electron chi connectivity index (χ2n) is 4.20. The molecule has 0 spiro atoms. The van der Waals surface area contributed by atoms with Gasteiger partial charge >= 0.3 is 0 Å². The van der Waals surface area contributed by atoms with Crippen LogP contribution in [0.2, 0.25) is 0 Å². The van der Waals surface area contributed by atoms with Crippen molar-refractivity contribution < 1.29 is 9.15 Å². The zero-order valence-corrected chi connectivity index (χ0v) is 9.74. The van der Waals surface area contributed by atoms with Crippen molar-refractivity contribution in [3.8, 4) is 0 Å². The molecule has 1 aromatic rings. The van der Waals surface area contributed by atoms with Gasteiger partial charge in [0.05, 0.1) is 0 Å². The molecule has 0 radical (unpaired) electrons. The summed E-state index contributed by atoms with van der Waals surface area (Å²) in [6, 6.07) is 0.623. The van der Waals surface area contributed by atoms with Gasteiger partial charge in [-0.3, -0.25) is 0 Å². The predicted octanol–water partition coefficient (Wildman–Crippen LogP) is 1.43. The summed E-state index contributed by atoms with van der Waals surface area (Å²) >= 11 is 0. The Balaban J connectivity index is 1.57. The lowest BCUT2D eigenvalue weighted by Gasteiger charge is -2.22. The number of nitrogens with one attached hydrogen (secondary N) is 1. The smallest absolute Gasteiger partial charge is 0.242 e. The van der Waals surface area contributed by atoms with Crippen LogP contribution >= 0.6 is 0 Å². The molecule has 1 N–H and O–H groups in total. The molecule has 2 heterocycles. The van der Waals surface area contributed by atoms with Crippen molar-refractivity contribution in [2.45, 2.75) is 45.3 Å². The van der Waals surface area contributed by atoms with E-state index in [1.165, 1.54) is 19.3 Å². The van der Waals surface area contributed by atoms with Gasteiger partial charge in [0.15, 0.2) is 0 Å². The van der Waals surface area contributed by atoms with E-state index in [4.69, 9.17) is 9.15 Å². The highest BCUT2D eigenvalue weighted by atomic mass is 16.5. The van der Waals surface area contributed by atoms with E-state index in [1.807, 2.05) is 0 Å². The van der Waals surface area contributed by atoms with Crippen LogP contribution in [-0.2, 0) is 11.3 Å². The minimum absolute atomic E-state index is 0.424. The molecule has 1 aliphatic rings. The van der Waals surface area contributed by atoms with Gasteiger partial charge in [0.1, 0.15) is 6.61 Å². The molecule has 0 aromatic carbocycles. The highest BCUT2D eigenvalue weighted by molar-refractivity contribution is 4.76. The fraction of sp³-hybridized carbons (Fsp3) is 0.818. The van der Waals surface area contributed by atoms with Crippen molar-refractivity contribution in [2.75, 3.05) is 13.2 Å². The molecular formula is C11H19N3O2. The van der Waals surface area contributed by atoms with Gasteiger partial charge in [-0.15, -0.1) is 10.2 Å². The van der Waals surface area contributed by atoms with Crippen LogP contribution in [0, 0.1) is 6.92 Å². The Morgan fingerprint density at radius 2 is 2.38 bits per heavy atom. The normalized spacial score (nSPS) is 21.2. The Kier molecular flexibility index (Phi) is 4.30. The zero-order valence-electron chi connectivity index (χ0n) is 9.74. The van der Waals surface area contributed by atoms with Gasteiger partial charge in [0.2, 0.25) is 11.8 Å². The third-order valence-corrected chi connectivity index (χ3v) is 2.82. The van der Waals surface area contributed by atoms with E-state index in [1.54, 1.807) is 6.92 Å².